The molecule has 1 aliphatic carbocycles. The number of nitrogens with zero attached hydrogens (tertiary/aromatic N) is 1. The summed E-state index contributed by atoms with van der Waals surface area (Å²) in [6.07, 6.45) is 0.918. The van der Waals surface area contributed by atoms with Crippen LogP contribution in [0.4, 0.5) is 0 Å². The van der Waals surface area contributed by atoms with Gasteiger partial charge in [-0.1, -0.05) is 48.5 Å². The van der Waals surface area contributed by atoms with E-state index in [2.05, 4.69) is 6.07 Å². The van der Waals surface area contributed by atoms with Crippen molar-refractivity contribution in [3.8, 4) is 5.75 Å². The van der Waals surface area contributed by atoms with Crippen LogP contribution in [0.25, 0.3) is 10.9 Å². The van der Waals surface area contributed by atoms with Crippen LogP contribution >= 0.6 is 0 Å². The number of ketones is 1. The molecular formula is C26H19NO3. The van der Waals surface area contributed by atoms with Gasteiger partial charge in [0.25, 0.3) is 5.91 Å². The molecule has 1 aliphatic heterocycles. The standard InChI is InChI=1S/C26H19NO3/c28-25-18-11-5-7-13-23(18)30-24-15-19-17-10-4-6-12-21(17)27(22(19)14-20(24)25)26(29)16-8-2-1-3-9-16/h1-13,20,24H,14-15H2/t20-,24-/m1/s1. The lowest BCUT2D eigenvalue weighted by Crippen LogP contribution is -2.43. The Kier molecular flexibility index (Phi) is 3.69. The summed E-state index contributed by atoms with van der Waals surface area (Å²) in [4.78, 5) is 26.7. The number of aromatic nitrogens is 1. The maximum Gasteiger partial charge on any atom is 0.262 e. The van der Waals surface area contributed by atoms with Crippen molar-refractivity contribution < 1.29 is 14.3 Å². The molecular weight excluding hydrogens is 374 g/mol. The molecule has 0 saturated carbocycles. The molecule has 30 heavy (non-hydrogen) atoms. The highest BCUT2D eigenvalue weighted by Crippen LogP contribution is 2.41. The number of hydrogen-bond acceptors (Lipinski definition) is 3. The predicted molar refractivity (Wildman–Crippen MR) is 114 cm³/mol. The first-order chi connectivity index (χ1) is 14.7. The Labute approximate surface area is 173 Å². The molecule has 0 spiro atoms. The molecule has 0 unspecified atom stereocenters. The number of hydrogen-bond donors (Lipinski definition) is 0. The van der Waals surface area contributed by atoms with Gasteiger partial charge in [-0.25, -0.2) is 0 Å². The molecule has 1 aromatic heterocycles. The third kappa shape index (κ3) is 2.40. The Bertz CT molecular complexity index is 1320. The van der Waals surface area contributed by atoms with Crippen molar-refractivity contribution in [1.82, 2.24) is 4.57 Å². The second-order valence-electron chi connectivity index (χ2n) is 7.98. The number of fused-ring (bicyclic) bond motifs is 5. The summed E-state index contributed by atoms with van der Waals surface area (Å²) in [5, 5.41) is 1.06. The monoisotopic (exact) mass is 393 g/mol. The fourth-order valence-corrected chi connectivity index (χ4v) is 4.95. The molecule has 0 amide bonds. The average Bonchev–Trinajstić information content (AvgIpc) is 3.12. The number of ether oxygens (including phenoxy) is 1. The quantitative estimate of drug-likeness (QED) is 0.471. The second kappa shape index (κ2) is 6.42. The molecule has 2 atom stereocenters. The van der Waals surface area contributed by atoms with Crippen LogP contribution in [-0.4, -0.2) is 22.4 Å². The van der Waals surface area contributed by atoms with E-state index in [1.165, 1.54) is 0 Å². The molecule has 0 saturated heterocycles. The van der Waals surface area contributed by atoms with Gasteiger partial charge in [-0.3, -0.25) is 14.2 Å². The third-order valence-electron chi connectivity index (χ3n) is 6.35. The molecule has 0 N–H and O–H groups in total. The molecule has 0 fully saturated rings. The SMILES string of the molecule is O=C1c2ccccc2O[C@@H]2Cc3c(n(C(=O)c4ccccc4)c4ccccc34)C[C@@H]12. The van der Waals surface area contributed by atoms with Crippen molar-refractivity contribution in [3.63, 3.8) is 0 Å². The van der Waals surface area contributed by atoms with Crippen LogP contribution in [-0.2, 0) is 12.8 Å². The largest absolute Gasteiger partial charge is 0.489 e. The van der Waals surface area contributed by atoms with Crippen molar-refractivity contribution in [2.45, 2.75) is 18.9 Å². The fourth-order valence-electron chi connectivity index (χ4n) is 4.95. The first-order valence-corrected chi connectivity index (χ1v) is 10.2. The number of carbonyl (C=O) groups is 2. The second-order valence-corrected chi connectivity index (χ2v) is 7.98. The number of carbonyl (C=O) groups excluding carboxylic acids is 2. The van der Waals surface area contributed by atoms with E-state index < -0.39 is 0 Å². The van der Waals surface area contributed by atoms with Crippen LogP contribution in [0.1, 0.15) is 32.0 Å². The summed E-state index contributed by atoms with van der Waals surface area (Å²) in [5.74, 6) is 0.433. The van der Waals surface area contributed by atoms with E-state index in [0.717, 1.165) is 22.2 Å². The third-order valence-corrected chi connectivity index (χ3v) is 6.35. The van der Waals surface area contributed by atoms with E-state index in [4.69, 9.17) is 4.74 Å². The van der Waals surface area contributed by atoms with Crippen molar-refractivity contribution in [1.29, 1.82) is 0 Å². The van der Waals surface area contributed by atoms with Crippen LogP contribution in [0, 0.1) is 5.92 Å². The van der Waals surface area contributed by atoms with E-state index in [9.17, 15) is 9.59 Å². The Morgan fingerprint density at radius 1 is 0.867 bits per heavy atom. The topological polar surface area (TPSA) is 48.3 Å². The molecule has 0 radical (unpaired) electrons. The van der Waals surface area contributed by atoms with Gasteiger partial charge in [0.15, 0.2) is 5.78 Å². The van der Waals surface area contributed by atoms with E-state index in [1.54, 1.807) is 0 Å². The van der Waals surface area contributed by atoms with Gasteiger partial charge < -0.3 is 4.74 Å². The molecule has 3 aromatic carbocycles. The van der Waals surface area contributed by atoms with Gasteiger partial charge in [0.1, 0.15) is 11.9 Å². The summed E-state index contributed by atoms with van der Waals surface area (Å²) in [6.45, 7) is 0. The van der Waals surface area contributed by atoms with Crippen LogP contribution in [0.3, 0.4) is 0 Å². The van der Waals surface area contributed by atoms with E-state index >= 15 is 0 Å². The minimum Gasteiger partial charge on any atom is -0.489 e. The molecule has 4 aromatic rings. The normalized spacial score (nSPS) is 19.5. The molecule has 146 valence electrons. The Morgan fingerprint density at radius 3 is 2.47 bits per heavy atom. The molecule has 4 nitrogen and oxygen atoms in total. The Balaban J connectivity index is 1.52. The summed E-state index contributed by atoms with van der Waals surface area (Å²) in [7, 11) is 0. The number of para-hydroxylation sites is 2. The molecule has 2 aliphatic rings. The number of benzene rings is 3. The van der Waals surface area contributed by atoms with Crippen molar-refractivity contribution in [3.05, 3.63) is 101 Å². The average molecular weight is 393 g/mol. The van der Waals surface area contributed by atoms with Crippen LogP contribution in [0.5, 0.6) is 5.75 Å². The molecule has 6 rings (SSSR count). The highest BCUT2D eigenvalue weighted by atomic mass is 16.5. The van der Waals surface area contributed by atoms with Crippen molar-refractivity contribution in [2.75, 3.05) is 0 Å². The summed E-state index contributed by atoms with van der Waals surface area (Å²) in [6, 6.07) is 24.7. The van der Waals surface area contributed by atoms with Gasteiger partial charge in [-0.2, -0.15) is 0 Å². The van der Waals surface area contributed by atoms with Gasteiger partial charge in [0, 0.05) is 29.5 Å². The summed E-state index contributed by atoms with van der Waals surface area (Å²) >= 11 is 0. The Morgan fingerprint density at radius 2 is 1.60 bits per heavy atom. The van der Waals surface area contributed by atoms with Crippen LogP contribution in [0.15, 0.2) is 78.9 Å². The summed E-state index contributed by atoms with van der Waals surface area (Å²) < 4.78 is 8.06. The maximum atomic E-state index is 13.5. The molecule has 2 heterocycles. The minimum atomic E-state index is -0.279. The lowest BCUT2D eigenvalue weighted by atomic mass is 9.78. The van der Waals surface area contributed by atoms with Crippen LogP contribution in [0.2, 0.25) is 0 Å². The number of Topliss-reactive ketones (excluding diaryl/α,β-unsaturated/α-hetero) is 1. The van der Waals surface area contributed by atoms with Gasteiger partial charge in [0.2, 0.25) is 0 Å². The smallest absolute Gasteiger partial charge is 0.262 e. The van der Waals surface area contributed by atoms with Gasteiger partial charge in [-0.15, -0.1) is 0 Å². The van der Waals surface area contributed by atoms with E-state index in [0.29, 0.717) is 29.7 Å². The van der Waals surface area contributed by atoms with E-state index in [1.807, 2.05) is 77.4 Å². The zero-order valence-corrected chi connectivity index (χ0v) is 16.2. The van der Waals surface area contributed by atoms with Gasteiger partial charge in [0.05, 0.1) is 17.0 Å². The lowest BCUT2D eigenvalue weighted by molar-refractivity contribution is 0.0626. The first kappa shape index (κ1) is 17.2. The Hall–Kier alpha value is -3.66. The van der Waals surface area contributed by atoms with E-state index in [-0.39, 0.29) is 23.7 Å². The van der Waals surface area contributed by atoms with Crippen LogP contribution < -0.4 is 4.74 Å². The maximum absolute atomic E-state index is 13.5. The number of rotatable bonds is 1. The minimum absolute atomic E-state index is 0.0592. The highest BCUT2D eigenvalue weighted by Gasteiger charge is 2.42. The van der Waals surface area contributed by atoms with Gasteiger partial charge >= 0.3 is 0 Å². The van der Waals surface area contributed by atoms with Crippen molar-refractivity contribution in [2.24, 2.45) is 5.92 Å². The fraction of sp³-hybridized carbons (Fsp3) is 0.154. The van der Waals surface area contributed by atoms with Crippen molar-refractivity contribution >= 4 is 22.6 Å². The lowest BCUT2D eigenvalue weighted by Gasteiger charge is -2.36. The highest BCUT2D eigenvalue weighted by molar-refractivity contribution is 6.05. The zero-order valence-electron chi connectivity index (χ0n) is 16.2. The molecule has 4 heteroatoms. The van der Waals surface area contributed by atoms with Gasteiger partial charge in [-0.05, 0) is 35.9 Å². The summed E-state index contributed by atoms with van der Waals surface area (Å²) in [5.41, 5.74) is 4.21. The predicted octanol–water partition coefficient (Wildman–Crippen LogP) is 4.69. The first-order valence-electron chi connectivity index (χ1n) is 10.2. The zero-order chi connectivity index (χ0) is 20.2. The molecule has 0 bridgehead atoms.